The van der Waals surface area contributed by atoms with Gasteiger partial charge in [0.25, 0.3) is 0 Å². The number of aliphatic hydroxyl groups is 1. The van der Waals surface area contributed by atoms with Gasteiger partial charge in [0.1, 0.15) is 11.9 Å². The fourth-order valence-electron chi connectivity index (χ4n) is 2.34. The van der Waals surface area contributed by atoms with Gasteiger partial charge >= 0.3 is 0 Å². The molecular formula is C17H13ClFNO. The van der Waals surface area contributed by atoms with E-state index in [0.29, 0.717) is 16.1 Å². The molecule has 0 spiro atoms. The maximum Gasteiger partial charge on any atom is 0.123 e. The zero-order valence-corrected chi connectivity index (χ0v) is 11.8. The van der Waals surface area contributed by atoms with E-state index >= 15 is 0 Å². The number of rotatable bonds is 3. The normalized spacial score (nSPS) is 12.3. The molecule has 106 valence electrons. The van der Waals surface area contributed by atoms with Crippen molar-refractivity contribution in [1.29, 1.82) is 0 Å². The minimum absolute atomic E-state index is 0.327. The Morgan fingerprint density at radius 1 is 0.952 bits per heavy atom. The smallest absolute Gasteiger partial charge is 0.123 e. The lowest BCUT2D eigenvalue weighted by molar-refractivity contribution is 0.221. The van der Waals surface area contributed by atoms with Crippen LogP contribution in [0.2, 0.25) is 5.02 Å². The highest BCUT2D eigenvalue weighted by Gasteiger charge is 2.18. The van der Waals surface area contributed by atoms with E-state index in [1.54, 1.807) is 30.6 Å². The number of hydrogen-bond donors (Lipinski definition) is 2. The third-order valence-corrected chi connectivity index (χ3v) is 3.75. The summed E-state index contributed by atoms with van der Waals surface area (Å²) in [6.45, 7) is 0. The van der Waals surface area contributed by atoms with Gasteiger partial charge in [0.05, 0.1) is 0 Å². The summed E-state index contributed by atoms with van der Waals surface area (Å²) in [6.07, 6.45) is 2.68. The van der Waals surface area contributed by atoms with E-state index in [0.717, 1.165) is 11.1 Å². The molecule has 0 saturated carbocycles. The lowest BCUT2D eigenvalue weighted by Crippen LogP contribution is -2.00. The second-order valence-electron chi connectivity index (χ2n) is 4.76. The zero-order valence-electron chi connectivity index (χ0n) is 11.1. The summed E-state index contributed by atoms with van der Waals surface area (Å²) in [5.74, 6) is -0.327. The van der Waals surface area contributed by atoms with Gasteiger partial charge in [-0.3, -0.25) is 0 Å². The lowest BCUT2D eigenvalue weighted by atomic mass is 9.97. The molecule has 1 unspecified atom stereocenters. The summed E-state index contributed by atoms with van der Waals surface area (Å²) < 4.78 is 13.0. The Labute approximate surface area is 126 Å². The SMILES string of the molecule is OC(c1ccc(F)cc1)c1c[nH]cc1-c1ccccc1Cl. The van der Waals surface area contributed by atoms with Gasteiger partial charge < -0.3 is 10.1 Å². The fourth-order valence-corrected chi connectivity index (χ4v) is 2.58. The minimum Gasteiger partial charge on any atom is -0.384 e. The van der Waals surface area contributed by atoms with Crippen LogP contribution in [0.4, 0.5) is 4.39 Å². The van der Waals surface area contributed by atoms with Crippen molar-refractivity contribution in [3.05, 3.63) is 82.9 Å². The van der Waals surface area contributed by atoms with E-state index in [2.05, 4.69) is 4.98 Å². The molecule has 3 aromatic rings. The maximum atomic E-state index is 13.0. The van der Waals surface area contributed by atoms with Gasteiger partial charge in [-0.05, 0) is 23.8 Å². The quantitative estimate of drug-likeness (QED) is 0.731. The van der Waals surface area contributed by atoms with Crippen LogP contribution in [0.5, 0.6) is 0 Å². The molecule has 0 amide bonds. The summed E-state index contributed by atoms with van der Waals surface area (Å²) in [4.78, 5) is 2.99. The highest BCUT2D eigenvalue weighted by atomic mass is 35.5. The molecule has 0 radical (unpaired) electrons. The van der Waals surface area contributed by atoms with Gasteiger partial charge in [0.15, 0.2) is 0 Å². The molecule has 2 nitrogen and oxygen atoms in total. The van der Waals surface area contributed by atoms with Gasteiger partial charge in [0.2, 0.25) is 0 Å². The lowest BCUT2D eigenvalue weighted by Gasteiger charge is -2.13. The molecule has 1 aromatic heterocycles. The van der Waals surface area contributed by atoms with Crippen molar-refractivity contribution >= 4 is 11.6 Å². The van der Waals surface area contributed by atoms with Crippen molar-refractivity contribution < 1.29 is 9.50 Å². The molecule has 0 aliphatic rings. The molecule has 0 aliphatic heterocycles. The van der Waals surface area contributed by atoms with E-state index in [1.165, 1.54) is 12.1 Å². The van der Waals surface area contributed by atoms with Crippen LogP contribution in [0, 0.1) is 5.82 Å². The number of aliphatic hydroxyl groups excluding tert-OH is 1. The monoisotopic (exact) mass is 301 g/mol. The highest BCUT2D eigenvalue weighted by molar-refractivity contribution is 6.33. The number of aromatic nitrogens is 1. The summed E-state index contributed by atoms with van der Waals surface area (Å²) in [5.41, 5.74) is 3.01. The molecule has 0 saturated heterocycles. The van der Waals surface area contributed by atoms with Gasteiger partial charge in [-0.2, -0.15) is 0 Å². The van der Waals surface area contributed by atoms with Crippen molar-refractivity contribution in [2.24, 2.45) is 0 Å². The highest BCUT2D eigenvalue weighted by Crippen LogP contribution is 2.35. The number of nitrogens with one attached hydrogen (secondary N) is 1. The van der Waals surface area contributed by atoms with Crippen LogP contribution in [0.1, 0.15) is 17.2 Å². The van der Waals surface area contributed by atoms with Gasteiger partial charge in [-0.25, -0.2) is 4.39 Å². The van der Waals surface area contributed by atoms with Crippen LogP contribution in [0.25, 0.3) is 11.1 Å². The van der Waals surface area contributed by atoms with Gasteiger partial charge in [0, 0.05) is 34.1 Å². The zero-order chi connectivity index (χ0) is 14.8. The van der Waals surface area contributed by atoms with E-state index in [-0.39, 0.29) is 5.82 Å². The third kappa shape index (κ3) is 2.71. The molecular weight excluding hydrogens is 289 g/mol. The summed E-state index contributed by atoms with van der Waals surface area (Å²) in [6, 6.07) is 13.3. The van der Waals surface area contributed by atoms with Crippen LogP contribution in [-0.4, -0.2) is 10.1 Å². The fraction of sp³-hybridized carbons (Fsp3) is 0.0588. The van der Waals surface area contributed by atoms with Gasteiger partial charge in [-0.15, -0.1) is 0 Å². The summed E-state index contributed by atoms with van der Waals surface area (Å²) >= 11 is 6.21. The third-order valence-electron chi connectivity index (χ3n) is 3.42. The first-order chi connectivity index (χ1) is 10.2. The number of hydrogen-bond acceptors (Lipinski definition) is 1. The molecule has 1 heterocycles. The first-order valence-electron chi connectivity index (χ1n) is 6.52. The average molecular weight is 302 g/mol. The van der Waals surface area contributed by atoms with E-state index < -0.39 is 6.10 Å². The van der Waals surface area contributed by atoms with Crippen molar-refractivity contribution in [1.82, 2.24) is 4.98 Å². The average Bonchev–Trinajstić information content (AvgIpc) is 2.97. The number of benzene rings is 2. The van der Waals surface area contributed by atoms with Crippen LogP contribution in [-0.2, 0) is 0 Å². The Morgan fingerprint density at radius 2 is 1.67 bits per heavy atom. The van der Waals surface area contributed by atoms with E-state index in [4.69, 9.17) is 11.6 Å². The molecule has 1 atom stereocenters. The summed E-state index contributed by atoms with van der Waals surface area (Å²) in [5, 5.41) is 11.1. The topological polar surface area (TPSA) is 36.0 Å². The molecule has 2 aromatic carbocycles. The Bertz CT molecular complexity index is 751. The summed E-state index contributed by atoms with van der Waals surface area (Å²) in [7, 11) is 0. The van der Waals surface area contributed by atoms with Crippen molar-refractivity contribution in [2.75, 3.05) is 0 Å². The Morgan fingerprint density at radius 3 is 2.38 bits per heavy atom. The predicted molar refractivity (Wildman–Crippen MR) is 81.7 cm³/mol. The van der Waals surface area contributed by atoms with Gasteiger partial charge in [-0.1, -0.05) is 41.9 Å². The number of H-pyrrole nitrogens is 1. The van der Waals surface area contributed by atoms with Crippen LogP contribution in [0.3, 0.4) is 0 Å². The Balaban J connectivity index is 2.03. The molecule has 0 aliphatic carbocycles. The molecule has 0 fully saturated rings. The standard InChI is InChI=1S/C17H13ClFNO/c18-16-4-2-1-3-13(16)14-9-20-10-15(14)17(21)11-5-7-12(19)8-6-11/h1-10,17,20-21H. The minimum atomic E-state index is -0.844. The molecule has 4 heteroatoms. The first kappa shape index (κ1) is 13.9. The van der Waals surface area contributed by atoms with Crippen molar-refractivity contribution in [2.45, 2.75) is 6.10 Å². The largest absolute Gasteiger partial charge is 0.384 e. The number of aromatic amines is 1. The molecule has 3 rings (SSSR count). The Hall–Kier alpha value is -2.10. The van der Waals surface area contributed by atoms with Crippen LogP contribution >= 0.6 is 11.6 Å². The molecule has 0 bridgehead atoms. The van der Waals surface area contributed by atoms with E-state index in [1.807, 2.05) is 18.2 Å². The second-order valence-corrected chi connectivity index (χ2v) is 5.17. The number of halogens is 2. The predicted octanol–water partition coefficient (Wildman–Crippen LogP) is 4.56. The first-order valence-corrected chi connectivity index (χ1v) is 6.89. The van der Waals surface area contributed by atoms with Crippen LogP contribution < -0.4 is 0 Å². The van der Waals surface area contributed by atoms with Crippen LogP contribution in [0.15, 0.2) is 60.9 Å². The van der Waals surface area contributed by atoms with Crippen molar-refractivity contribution in [3.8, 4) is 11.1 Å². The molecule has 2 N–H and O–H groups in total. The maximum absolute atomic E-state index is 13.0. The van der Waals surface area contributed by atoms with Crippen molar-refractivity contribution in [3.63, 3.8) is 0 Å². The second kappa shape index (κ2) is 5.72. The van der Waals surface area contributed by atoms with E-state index in [9.17, 15) is 9.50 Å². The molecule has 21 heavy (non-hydrogen) atoms. The Kier molecular flexibility index (Phi) is 3.78.